The van der Waals surface area contributed by atoms with Crippen LogP contribution in [0.5, 0.6) is 0 Å². The molecule has 14 heteroatoms. The van der Waals surface area contributed by atoms with Crippen molar-refractivity contribution < 1.29 is 36.8 Å². The van der Waals surface area contributed by atoms with Crippen molar-refractivity contribution in [1.82, 2.24) is 0 Å². The number of alkyl halides is 3. The number of nitrogens with one attached hydrogen (secondary N) is 1. The van der Waals surface area contributed by atoms with Crippen molar-refractivity contribution in [3.63, 3.8) is 0 Å². The summed E-state index contributed by atoms with van der Waals surface area (Å²) in [4.78, 5) is 22.5. The second-order valence-corrected chi connectivity index (χ2v) is 9.78. The first-order valence-corrected chi connectivity index (χ1v) is 11.9. The van der Waals surface area contributed by atoms with Crippen molar-refractivity contribution in [2.45, 2.75) is 26.9 Å². The lowest BCUT2D eigenvalue weighted by Gasteiger charge is -2.17. The number of hydrogen-bond acceptors (Lipinski definition) is 8. The van der Waals surface area contributed by atoms with Gasteiger partial charge in [-0.15, -0.1) is 0 Å². The monoisotopic (exact) mass is 521 g/mol. The molecule has 1 atom stereocenters. The molecule has 0 aromatic heterocycles. The maximum absolute atomic E-state index is 13.5. The van der Waals surface area contributed by atoms with Crippen LogP contribution in [0.25, 0.3) is 0 Å². The number of nitro groups is 1. The van der Waals surface area contributed by atoms with Gasteiger partial charge in [0, 0.05) is 17.9 Å². The minimum absolute atomic E-state index is 0.0722. The summed E-state index contributed by atoms with van der Waals surface area (Å²) in [5.41, 5.74) is -1.50. The van der Waals surface area contributed by atoms with Gasteiger partial charge in [-0.1, -0.05) is 23.7 Å². The molecule has 0 fully saturated rings. The molecule has 2 aromatic rings. The molecule has 0 aliphatic carbocycles. The topological polar surface area (TPSA) is 120 Å². The van der Waals surface area contributed by atoms with Crippen LogP contribution in [0.4, 0.5) is 30.2 Å². The summed E-state index contributed by atoms with van der Waals surface area (Å²) < 4.78 is 61.9. The van der Waals surface area contributed by atoms with E-state index in [0.29, 0.717) is 0 Å². The van der Waals surface area contributed by atoms with Crippen molar-refractivity contribution in [2.24, 2.45) is 5.16 Å². The van der Waals surface area contributed by atoms with Crippen LogP contribution in [-0.4, -0.2) is 29.4 Å². The third-order valence-electron chi connectivity index (χ3n) is 4.41. The van der Waals surface area contributed by atoms with Crippen molar-refractivity contribution in [3.8, 4) is 0 Å². The second kappa shape index (κ2) is 10.9. The molecule has 34 heavy (non-hydrogen) atoms. The van der Waals surface area contributed by atoms with Gasteiger partial charge in [0.15, 0.2) is 5.71 Å². The Morgan fingerprint density at radius 3 is 2.44 bits per heavy atom. The standard InChI is InChI=1S/C20H20ClF3N3O6P/c1-4-32-19(28)12(3)26-33-34(31,5-2)18-11-14(7-9-17(18)27(29)30)25-16-8-6-13(10-15(16)21)20(22,23)24/h6-11,25H,4-5H2,1-3H3. The van der Waals surface area contributed by atoms with Crippen LogP contribution in [0.15, 0.2) is 41.6 Å². The number of carbonyl (C=O) groups is 1. The highest BCUT2D eigenvalue weighted by Gasteiger charge is 2.35. The smallest absolute Gasteiger partial charge is 0.416 e. The van der Waals surface area contributed by atoms with Crippen LogP contribution >= 0.6 is 19.0 Å². The quantitative estimate of drug-likeness (QED) is 0.144. The Balaban J connectivity index is 2.46. The van der Waals surface area contributed by atoms with Crippen LogP contribution in [0.3, 0.4) is 0 Å². The van der Waals surface area contributed by atoms with Crippen LogP contribution in [0, 0.1) is 10.1 Å². The molecule has 0 bridgehead atoms. The molecule has 9 nitrogen and oxygen atoms in total. The number of benzene rings is 2. The second-order valence-electron chi connectivity index (χ2n) is 6.75. The molecule has 184 valence electrons. The lowest BCUT2D eigenvalue weighted by Crippen LogP contribution is -2.17. The Kier molecular flexibility index (Phi) is 8.68. The van der Waals surface area contributed by atoms with Gasteiger partial charge in [0.25, 0.3) is 5.69 Å². The fourth-order valence-corrected chi connectivity index (χ4v) is 4.52. The lowest BCUT2D eigenvalue weighted by atomic mass is 10.2. The normalized spacial score (nSPS) is 13.7. The number of halogens is 4. The molecule has 2 rings (SSSR count). The SMILES string of the molecule is CCOC(=O)C(C)=NOP(=O)(CC)c1cc(Nc2ccc(C(F)(F)F)cc2Cl)ccc1[N+](=O)[O-]. The predicted octanol–water partition coefficient (Wildman–Crippen LogP) is 5.89. The average molecular weight is 522 g/mol. The number of anilines is 2. The molecule has 1 unspecified atom stereocenters. The van der Waals surface area contributed by atoms with Crippen LogP contribution in [-0.2, 0) is 24.9 Å². The number of esters is 1. The highest BCUT2D eigenvalue weighted by molar-refractivity contribution is 7.67. The highest BCUT2D eigenvalue weighted by atomic mass is 35.5. The first kappa shape index (κ1) is 27.1. The van der Waals surface area contributed by atoms with E-state index in [-0.39, 0.29) is 40.2 Å². The summed E-state index contributed by atoms with van der Waals surface area (Å²) in [6, 6.07) is 6.11. The summed E-state index contributed by atoms with van der Waals surface area (Å²) >= 11 is 5.95. The largest absolute Gasteiger partial charge is 0.461 e. The molecule has 0 heterocycles. The fourth-order valence-electron chi connectivity index (χ4n) is 2.65. The molecule has 0 aliphatic rings. The van der Waals surface area contributed by atoms with E-state index in [1.165, 1.54) is 19.9 Å². The van der Waals surface area contributed by atoms with Gasteiger partial charge in [0.2, 0.25) is 0 Å². The van der Waals surface area contributed by atoms with E-state index in [4.69, 9.17) is 21.0 Å². The van der Waals surface area contributed by atoms with E-state index >= 15 is 0 Å². The zero-order valence-electron chi connectivity index (χ0n) is 18.2. The van der Waals surface area contributed by atoms with Crippen molar-refractivity contribution >= 4 is 53.0 Å². The van der Waals surface area contributed by atoms with E-state index in [1.54, 1.807) is 6.92 Å². The summed E-state index contributed by atoms with van der Waals surface area (Å²) in [5.74, 6) is -0.813. The third-order valence-corrected chi connectivity index (χ3v) is 6.99. The Labute approximate surface area is 197 Å². The number of carbonyl (C=O) groups excluding carboxylic acids is 1. The van der Waals surface area contributed by atoms with E-state index in [2.05, 4.69) is 10.5 Å². The zero-order chi connectivity index (χ0) is 25.7. The van der Waals surface area contributed by atoms with Crippen LogP contribution in [0.2, 0.25) is 5.02 Å². The minimum Gasteiger partial charge on any atom is -0.461 e. The van der Waals surface area contributed by atoms with Gasteiger partial charge in [-0.05, 0) is 44.2 Å². The average Bonchev–Trinajstić information content (AvgIpc) is 2.77. The minimum atomic E-state index is -4.59. The molecule has 2 aromatic carbocycles. The maximum atomic E-state index is 13.5. The molecule has 0 amide bonds. The van der Waals surface area contributed by atoms with E-state index < -0.39 is 35.7 Å². The van der Waals surface area contributed by atoms with Crippen LogP contribution < -0.4 is 10.6 Å². The number of oxime groups is 1. The number of ether oxygens (including phenoxy) is 1. The maximum Gasteiger partial charge on any atom is 0.416 e. The molecule has 1 N–H and O–H groups in total. The van der Waals surface area contributed by atoms with Gasteiger partial charge >= 0.3 is 19.5 Å². The summed E-state index contributed by atoms with van der Waals surface area (Å²) in [6.07, 6.45) is -4.80. The zero-order valence-corrected chi connectivity index (χ0v) is 19.8. The number of rotatable bonds is 9. The molecule has 0 saturated heterocycles. The van der Waals surface area contributed by atoms with Crippen molar-refractivity contribution in [1.29, 1.82) is 0 Å². The van der Waals surface area contributed by atoms with Gasteiger partial charge in [0.1, 0.15) is 5.30 Å². The van der Waals surface area contributed by atoms with Gasteiger partial charge in [-0.2, -0.15) is 13.2 Å². The number of nitro benzene ring substituents is 1. The molecule has 0 radical (unpaired) electrons. The Hall–Kier alpha value is -3.11. The third kappa shape index (κ3) is 6.48. The molecular weight excluding hydrogens is 502 g/mol. The summed E-state index contributed by atoms with van der Waals surface area (Å²) in [6.45, 7) is 4.36. The molecule has 0 aliphatic heterocycles. The van der Waals surface area contributed by atoms with Crippen LogP contribution in [0.1, 0.15) is 26.3 Å². The van der Waals surface area contributed by atoms with E-state index in [0.717, 1.165) is 30.3 Å². The number of hydrogen-bond donors (Lipinski definition) is 1. The van der Waals surface area contributed by atoms with Crippen molar-refractivity contribution in [2.75, 3.05) is 18.1 Å². The molecular formula is C20H20ClF3N3O6P. The van der Waals surface area contributed by atoms with Gasteiger partial charge in [0.05, 0.1) is 27.8 Å². The predicted molar refractivity (Wildman–Crippen MR) is 121 cm³/mol. The molecule has 0 spiro atoms. The van der Waals surface area contributed by atoms with Crippen molar-refractivity contribution in [3.05, 3.63) is 57.1 Å². The first-order valence-electron chi connectivity index (χ1n) is 9.74. The van der Waals surface area contributed by atoms with E-state index in [1.807, 2.05) is 0 Å². The summed E-state index contributed by atoms with van der Waals surface area (Å²) in [5, 5.41) is 17.3. The van der Waals surface area contributed by atoms with Gasteiger partial charge in [-0.25, -0.2) is 4.79 Å². The summed E-state index contributed by atoms with van der Waals surface area (Å²) in [7, 11) is -3.99. The van der Waals surface area contributed by atoms with E-state index in [9.17, 15) is 32.6 Å². The Morgan fingerprint density at radius 1 is 1.24 bits per heavy atom. The Bertz CT molecular complexity index is 1170. The fraction of sp³-hybridized carbons (Fsp3) is 0.300. The van der Waals surface area contributed by atoms with Gasteiger partial charge in [-0.3, -0.25) is 14.7 Å². The number of nitrogens with zero attached hydrogens (tertiary/aromatic N) is 2. The highest BCUT2D eigenvalue weighted by Crippen LogP contribution is 2.49. The first-order chi connectivity index (χ1) is 15.8. The molecule has 0 saturated carbocycles. The lowest BCUT2D eigenvalue weighted by molar-refractivity contribution is -0.383. The Morgan fingerprint density at radius 2 is 1.91 bits per heavy atom. The van der Waals surface area contributed by atoms with Gasteiger partial charge < -0.3 is 14.7 Å².